The van der Waals surface area contributed by atoms with Crippen molar-refractivity contribution in [3.63, 3.8) is 0 Å². The second-order valence-corrected chi connectivity index (χ2v) is 7.04. The number of benzene rings is 2. The molecule has 146 valence electrons. The number of hydrogen-bond donors (Lipinski definition) is 2. The molecular weight excluding hydrogens is 364 g/mol. The van der Waals surface area contributed by atoms with Crippen molar-refractivity contribution in [3.8, 4) is 5.69 Å². The Bertz CT molecular complexity index is 962. The summed E-state index contributed by atoms with van der Waals surface area (Å²) in [6.45, 7) is 3.62. The van der Waals surface area contributed by atoms with Gasteiger partial charge in [0.25, 0.3) is 0 Å². The van der Waals surface area contributed by atoms with Crippen LogP contribution in [0.15, 0.2) is 42.7 Å². The molecule has 1 aliphatic heterocycles. The Kier molecular flexibility index (Phi) is 4.95. The fourth-order valence-corrected chi connectivity index (χ4v) is 3.39. The number of nitrogens with zero attached hydrogens (tertiary/aromatic N) is 4. The minimum atomic E-state index is -0.671. The lowest BCUT2D eigenvalue weighted by Crippen LogP contribution is -2.35. The van der Waals surface area contributed by atoms with E-state index in [-0.39, 0.29) is 11.8 Å². The van der Waals surface area contributed by atoms with Crippen molar-refractivity contribution in [3.05, 3.63) is 59.9 Å². The van der Waals surface area contributed by atoms with E-state index in [4.69, 9.17) is 0 Å². The van der Waals surface area contributed by atoms with Gasteiger partial charge < -0.3 is 15.3 Å². The van der Waals surface area contributed by atoms with Gasteiger partial charge in [-0.3, -0.25) is 0 Å². The Morgan fingerprint density at radius 3 is 2.43 bits per heavy atom. The van der Waals surface area contributed by atoms with Crippen LogP contribution >= 0.6 is 0 Å². The molecule has 1 fully saturated rings. The molecule has 0 spiro atoms. The molecular formula is C20H21F2N5O. The molecule has 1 aliphatic rings. The molecule has 0 aliphatic carbocycles. The standard InChI is InChI=1S/C20H21F2N5O/c1-13-6-16(11-17(7-13)26-4-2-19(28)3-5-26)24-20-23-12-27(25-20)18-9-14(21)8-15(22)10-18/h6-12,19,28H,2-5H2,1H3,(H,24,25). The SMILES string of the molecule is Cc1cc(Nc2ncn(-c3cc(F)cc(F)c3)n2)cc(N2CCC(O)CC2)c1. The van der Waals surface area contributed by atoms with Gasteiger partial charge in [-0.1, -0.05) is 0 Å². The van der Waals surface area contributed by atoms with E-state index in [1.54, 1.807) is 0 Å². The van der Waals surface area contributed by atoms with Crippen LogP contribution in [0.4, 0.5) is 26.1 Å². The number of aryl methyl sites for hydroxylation is 1. The van der Waals surface area contributed by atoms with Gasteiger partial charge in [0.15, 0.2) is 0 Å². The minimum Gasteiger partial charge on any atom is -0.393 e. The lowest BCUT2D eigenvalue weighted by atomic mass is 10.1. The third-order valence-electron chi connectivity index (χ3n) is 4.75. The van der Waals surface area contributed by atoms with Crippen molar-refractivity contribution in [2.45, 2.75) is 25.9 Å². The van der Waals surface area contributed by atoms with Gasteiger partial charge in [0.1, 0.15) is 18.0 Å². The lowest BCUT2D eigenvalue weighted by molar-refractivity contribution is 0.145. The molecule has 0 saturated carbocycles. The van der Waals surface area contributed by atoms with E-state index in [1.807, 2.05) is 19.1 Å². The average Bonchev–Trinajstić information content (AvgIpc) is 3.09. The van der Waals surface area contributed by atoms with E-state index in [9.17, 15) is 13.9 Å². The average molecular weight is 385 g/mol. The van der Waals surface area contributed by atoms with Gasteiger partial charge in [-0.2, -0.15) is 4.98 Å². The molecule has 1 aromatic heterocycles. The van der Waals surface area contributed by atoms with E-state index in [0.29, 0.717) is 5.95 Å². The first-order chi connectivity index (χ1) is 13.5. The van der Waals surface area contributed by atoms with Gasteiger partial charge in [0.2, 0.25) is 5.95 Å². The van der Waals surface area contributed by atoms with Crippen LogP contribution in [0.2, 0.25) is 0 Å². The van der Waals surface area contributed by atoms with Gasteiger partial charge in [-0.05, 0) is 55.7 Å². The van der Waals surface area contributed by atoms with Crippen LogP contribution in [0, 0.1) is 18.6 Å². The summed E-state index contributed by atoms with van der Waals surface area (Å²) < 4.78 is 28.2. The summed E-state index contributed by atoms with van der Waals surface area (Å²) in [6.07, 6.45) is 2.69. The molecule has 2 aromatic carbocycles. The molecule has 8 heteroatoms. The first-order valence-corrected chi connectivity index (χ1v) is 9.16. The highest BCUT2D eigenvalue weighted by Gasteiger charge is 2.18. The predicted octanol–water partition coefficient (Wildman–Crippen LogP) is 3.56. The van der Waals surface area contributed by atoms with E-state index >= 15 is 0 Å². The van der Waals surface area contributed by atoms with Gasteiger partial charge in [0, 0.05) is 30.5 Å². The molecule has 2 N–H and O–H groups in total. The Morgan fingerprint density at radius 2 is 1.71 bits per heavy atom. The third kappa shape index (κ3) is 4.12. The quantitative estimate of drug-likeness (QED) is 0.719. The maximum Gasteiger partial charge on any atom is 0.246 e. The summed E-state index contributed by atoms with van der Waals surface area (Å²) >= 11 is 0. The monoisotopic (exact) mass is 385 g/mol. The zero-order chi connectivity index (χ0) is 19.7. The number of halogens is 2. The highest BCUT2D eigenvalue weighted by molar-refractivity contribution is 5.64. The van der Waals surface area contributed by atoms with Crippen molar-refractivity contribution in [1.29, 1.82) is 0 Å². The Balaban J connectivity index is 1.54. The molecule has 4 rings (SSSR count). The summed E-state index contributed by atoms with van der Waals surface area (Å²) in [5.41, 5.74) is 3.23. The van der Waals surface area contributed by atoms with E-state index < -0.39 is 11.6 Å². The van der Waals surface area contributed by atoms with Crippen molar-refractivity contribution >= 4 is 17.3 Å². The number of piperidine rings is 1. The second-order valence-electron chi connectivity index (χ2n) is 7.04. The van der Waals surface area contributed by atoms with Crippen molar-refractivity contribution in [2.75, 3.05) is 23.3 Å². The number of rotatable bonds is 4. The topological polar surface area (TPSA) is 66.2 Å². The van der Waals surface area contributed by atoms with Crippen LogP contribution in [0.1, 0.15) is 18.4 Å². The molecule has 6 nitrogen and oxygen atoms in total. The maximum atomic E-state index is 13.4. The van der Waals surface area contributed by atoms with E-state index in [1.165, 1.54) is 23.1 Å². The molecule has 28 heavy (non-hydrogen) atoms. The first kappa shape index (κ1) is 18.4. The molecule has 1 saturated heterocycles. The number of aliphatic hydroxyl groups excluding tert-OH is 1. The number of aliphatic hydroxyl groups is 1. The number of anilines is 3. The zero-order valence-corrected chi connectivity index (χ0v) is 15.4. The second kappa shape index (κ2) is 7.55. The third-order valence-corrected chi connectivity index (χ3v) is 4.75. The molecule has 3 aromatic rings. The highest BCUT2D eigenvalue weighted by atomic mass is 19.1. The lowest BCUT2D eigenvalue weighted by Gasteiger charge is -2.32. The van der Waals surface area contributed by atoms with Crippen LogP contribution in [-0.2, 0) is 0 Å². The normalized spacial score (nSPS) is 15.1. The summed E-state index contributed by atoms with van der Waals surface area (Å²) in [5, 5.41) is 17.1. The summed E-state index contributed by atoms with van der Waals surface area (Å²) in [4.78, 5) is 6.42. The van der Waals surface area contributed by atoms with Crippen molar-refractivity contribution in [2.24, 2.45) is 0 Å². The van der Waals surface area contributed by atoms with Gasteiger partial charge in [-0.25, -0.2) is 13.5 Å². The molecule has 0 bridgehead atoms. The van der Waals surface area contributed by atoms with Crippen molar-refractivity contribution in [1.82, 2.24) is 14.8 Å². The van der Waals surface area contributed by atoms with Crippen LogP contribution in [-0.4, -0.2) is 39.1 Å². The Hall–Kier alpha value is -3.00. The fourth-order valence-electron chi connectivity index (χ4n) is 3.39. The summed E-state index contributed by atoms with van der Waals surface area (Å²) in [5.74, 6) is -1.01. The number of nitrogens with one attached hydrogen (secondary N) is 1. The van der Waals surface area contributed by atoms with E-state index in [0.717, 1.165) is 48.9 Å². The largest absolute Gasteiger partial charge is 0.393 e. The van der Waals surface area contributed by atoms with Crippen LogP contribution in [0.25, 0.3) is 5.69 Å². The summed E-state index contributed by atoms with van der Waals surface area (Å²) in [6, 6.07) is 9.28. The smallest absolute Gasteiger partial charge is 0.246 e. The minimum absolute atomic E-state index is 0.223. The fraction of sp³-hybridized carbons (Fsp3) is 0.300. The van der Waals surface area contributed by atoms with Gasteiger partial charge in [0.05, 0.1) is 11.8 Å². The number of aromatic nitrogens is 3. The summed E-state index contributed by atoms with van der Waals surface area (Å²) in [7, 11) is 0. The maximum absolute atomic E-state index is 13.4. The van der Waals surface area contributed by atoms with Gasteiger partial charge in [-0.15, -0.1) is 5.10 Å². The first-order valence-electron chi connectivity index (χ1n) is 9.16. The van der Waals surface area contributed by atoms with Crippen LogP contribution in [0.5, 0.6) is 0 Å². The predicted molar refractivity (Wildman–Crippen MR) is 103 cm³/mol. The number of hydrogen-bond acceptors (Lipinski definition) is 5. The van der Waals surface area contributed by atoms with E-state index in [2.05, 4.69) is 26.4 Å². The highest BCUT2D eigenvalue weighted by Crippen LogP contribution is 2.26. The molecule has 0 radical (unpaired) electrons. The zero-order valence-electron chi connectivity index (χ0n) is 15.4. The Labute approximate surface area is 161 Å². The van der Waals surface area contributed by atoms with Crippen LogP contribution in [0.3, 0.4) is 0 Å². The van der Waals surface area contributed by atoms with Crippen LogP contribution < -0.4 is 10.2 Å². The molecule has 0 unspecified atom stereocenters. The molecule has 2 heterocycles. The molecule has 0 amide bonds. The van der Waals surface area contributed by atoms with Crippen molar-refractivity contribution < 1.29 is 13.9 Å². The van der Waals surface area contributed by atoms with Gasteiger partial charge >= 0.3 is 0 Å². The Morgan fingerprint density at radius 1 is 1.00 bits per heavy atom. The molecule has 0 atom stereocenters.